The Kier molecular flexibility index (Phi) is 5.50. The fourth-order valence-electron chi connectivity index (χ4n) is 2.29. The first-order chi connectivity index (χ1) is 12.8. The van der Waals surface area contributed by atoms with Gasteiger partial charge in [0, 0.05) is 16.5 Å². The van der Waals surface area contributed by atoms with Crippen LogP contribution in [0.1, 0.15) is 6.92 Å². The Morgan fingerprint density at radius 3 is 2.56 bits per heavy atom. The number of hydrogen-bond donors (Lipinski definition) is 1. The molecule has 2 aromatic carbocycles. The molecular weight excluding hydrogens is 379 g/mol. The Morgan fingerprint density at radius 2 is 1.85 bits per heavy atom. The van der Waals surface area contributed by atoms with Crippen LogP contribution in [0.15, 0.2) is 59.8 Å². The molecule has 0 aliphatic rings. The lowest BCUT2D eigenvalue weighted by atomic mass is 10.2. The number of ether oxygens (including phenoxy) is 1. The van der Waals surface area contributed by atoms with E-state index in [1.54, 1.807) is 13.1 Å². The fraction of sp³-hybridized carbons (Fsp3) is 0.167. The standard InChI is InChI=1S/C18H14F3N3O2S/c1-11(27-17-15-5-3-2-4-12(15)10-22-24-17)16(25)23-13-6-8-14(9-7-13)26-18(19,20)21/h2-11H,1H3,(H,23,25)/t11-/m1/s1. The van der Waals surface area contributed by atoms with Crippen molar-refractivity contribution in [3.8, 4) is 5.75 Å². The number of carbonyl (C=O) groups excluding carboxylic acids is 1. The average molecular weight is 393 g/mol. The molecule has 27 heavy (non-hydrogen) atoms. The van der Waals surface area contributed by atoms with Crippen molar-refractivity contribution in [1.29, 1.82) is 0 Å². The summed E-state index contributed by atoms with van der Waals surface area (Å²) in [6, 6.07) is 12.5. The third-order valence-electron chi connectivity index (χ3n) is 3.55. The van der Waals surface area contributed by atoms with Crippen molar-refractivity contribution in [1.82, 2.24) is 10.2 Å². The number of alkyl halides is 3. The lowest BCUT2D eigenvalue weighted by Crippen LogP contribution is -2.22. The van der Waals surface area contributed by atoms with Gasteiger partial charge in [-0.15, -0.1) is 18.3 Å². The van der Waals surface area contributed by atoms with E-state index < -0.39 is 11.6 Å². The van der Waals surface area contributed by atoms with Gasteiger partial charge in [0.25, 0.3) is 0 Å². The Balaban J connectivity index is 1.65. The SMILES string of the molecule is C[C@@H](Sc1nncc2ccccc12)C(=O)Nc1ccc(OC(F)(F)F)cc1. The Hall–Kier alpha value is -2.81. The number of carbonyl (C=O) groups is 1. The number of aromatic nitrogens is 2. The molecule has 3 rings (SSSR count). The topological polar surface area (TPSA) is 64.1 Å². The third kappa shape index (κ3) is 5.10. The highest BCUT2D eigenvalue weighted by atomic mass is 32.2. The van der Waals surface area contributed by atoms with E-state index in [0.29, 0.717) is 10.7 Å². The molecule has 1 N–H and O–H groups in total. The highest BCUT2D eigenvalue weighted by Gasteiger charge is 2.31. The maximum Gasteiger partial charge on any atom is 0.573 e. The number of nitrogens with zero attached hydrogens (tertiary/aromatic N) is 2. The molecule has 5 nitrogen and oxygen atoms in total. The second-order valence-electron chi connectivity index (χ2n) is 5.56. The highest BCUT2D eigenvalue weighted by molar-refractivity contribution is 8.00. The number of amides is 1. The van der Waals surface area contributed by atoms with Crippen LogP contribution in [0.25, 0.3) is 10.8 Å². The van der Waals surface area contributed by atoms with Crippen LogP contribution in [0.3, 0.4) is 0 Å². The Bertz CT molecular complexity index is 943. The number of fused-ring (bicyclic) bond motifs is 1. The van der Waals surface area contributed by atoms with E-state index >= 15 is 0 Å². The number of nitrogens with one attached hydrogen (secondary N) is 1. The molecule has 0 aliphatic carbocycles. The van der Waals surface area contributed by atoms with Gasteiger partial charge in [-0.25, -0.2) is 0 Å². The van der Waals surface area contributed by atoms with Gasteiger partial charge >= 0.3 is 6.36 Å². The summed E-state index contributed by atoms with van der Waals surface area (Å²) in [6.07, 6.45) is -3.11. The molecule has 0 bridgehead atoms. The molecule has 0 aliphatic heterocycles. The van der Waals surface area contributed by atoms with E-state index in [-0.39, 0.29) is 11.7 Å². The van der Waals surface area contributed by atoms with Crippen molar-refractivity contribution in [3.05, 3.63) is 54.7 Å². The van der Waals surface area contributed by atoms with E-state index in [0.717, 1.165) is 22.9 Å². The number of halogens is 3. The van der Waals surface area contributed by atoms with E-state index in [9.17, 15) is 18.0 Å². The summed E-state index contributed by atoms with van der Waals surface area (Å²) in [4.78, 5) is 12.4. The van der Waals surface area contributed by atoms with Crippen LogP contribution >= 0.6 is 11.8 Å². The maximum absolute atomic E-state index is 12.4. The van der Waals surface area contributed by atoms with Crippen molar-refractivity contribution in [2.75, 3.05) is 5.32 Å². The van der Waals surface area contributed by atoms with Crippen LogP contribution in [0.5, 0.6) is 5.75 Å². The zero-order chi connectivity index (χ0) is 19.4. The van der Waals surface area contributed by atoms with E-state index in [2.05, 4.69) is 20.3 Å². The maximum atomic E-state index is 12.4. The van der Waals surface area contributed by atoms with Crippen molar-refractivity contribution in [3.63, 3.8) is 0 Å². The fourth-order valence-corrected chi connectivity index (χ4v) is 3.20. The first-order valence-corrected chi connectivity index (χ1v) is 8.73. The minimum absolute atomic E-state index is 0.306. The van der Waals surface area contributed by atoms with Crippen LogP contribution < -0.4 is 10.1 Å². The average Bonchev–Trinajstić information content (AvgIpc) is 2.62. The molecule has 0 radical (unpaired) electrons. The Labute approximate surface area is 156 Å². The number of anilines is 1. The van der Waals surface area contributed by atoms with Crippen LogP contribution in [0, 0.1) is 0 Å². The van der Waals surface area contributed by atoms with Gasteiger partial charge in [0.1, 0.15) is 10.8 Å². The molecule has 1 heterocycles. The Morgan fingerprint density at radius 1 is 1.15 bits per heavy atom. The smallest absolute Gasteiger partial charge is 0.406 e. The molecule has 3 aromatic rings. The molecule has 0 fully saturated rings. The predicted octanol–water partition coefficient (Wildman–Crippen LogP) is 4.65. The largest absolute Gasteiger partial charge is 0.573 e. The monoisotopic (exact) mass is 393 g/mol. The van der Waals surface area contributed by atoms with Gasteiger partial charge in [-0.05, 0) is 31.2 Å². The van der Waals surface area contributed by atoms with Crippen LogP contribution in [-0.2, 0) is 4.79 Å². The predicted molar refractivity (Wildman–Crippen MR) is 96.6 cm³/mol. The van der Waals surface area contributed by atoms with E-state index in [4.69, 9.17) is 0 Å². The summed E-state index contributed by atoms with van der Waals surface area (Å²) in [7, 11) is 0. The van der Waals surface area contributed by atoms with Crippen molar-refractivity contribution in [2.24, 2.45) is 0 Å². The molecule has 0 unspecified atom stereocenters. The van der Waals surface area contributed by atoms with Gasteiger partial charge in [-0.1, -0.05) is 36.0 Å². The number of thioether (sulfide) groups is 1. The van der Waals surface area contributed by atoms with Crippen LogP contribution in [0.4, 0.5) is 18.9 Å². The van der Waals surface area contributed by atoms with E-state index in [1.807, 2.05) is 24.3 Å². The van der Waals surface area contributed by atoms with Crippen LogP contribution in [-0.4, -0.2) is 27.7 Å². The molecule has 1 aromatic heterocycles. The second-order valence-corrected chi connectivity index (χ2v) is 6.89. The first kappa shape index (κ1) is 19.0. The molecule has 1 atom stereocenters. The summed E-state index contributed by atoms with van der Waals surface area (Å²) in [5, 5.41) is 12.6. The summed E-state index contributed by atoms with van der Waals surface area (Å²) in [5.74, 6) is -0.659. The lowest BCUT2D eigenvalue weighted by Gasteiger charge is -2.13. The normalized spacial score (nSPS) is 12.6. The van der Waals surface area contributed by atoms with Gasteiger partial charge in [-0.3, -0.25) is 4.79 Å². The third-order valence-corrected chi connectivity index (χ3v) is 4.64. The first-order valence-electron chi connectivity index (χ1n) is 7.85. The summed E-state index contributed by atoms with van der Waals surface area (Å²) in [6.45, 7) is 1.71. The summed E-state index contributed by atoms with van der Waals surface area (Å²) < 4.78 is 40.3. The highest BCUT2D eigenvalue weighted by Crippen LogP contribution is 2.29. The second kappa shape index (κ2) is 7.83. The molecule has 0 saturated carbocycles. The van der Waals surface area contributed by atoms with Gasteiger partial charge in [-0.2, -0.15) is 5.10 Å². The zero-order valence-electron chi connectivity index (χ0n) is 14.0. The van der Waals surface area contributed by atoms with Gasteiger partial charge in [0.05, 0.1) is 11.4 Å². The minimum atomic E-state index is -4.75. The quantitative estimate of drug-likeness (QED) is 0.640. The lowest BCUT2D eigenvalue weighted by molar-refractivity contribution is -0.274. The summed E-state index contributed by atoms with van der Waals surface area (Å²) >= 11 is 1.25. The van der Waals surface area contributed by atoms with Crippen LogP contribution in [0.2, 0.25) is 0 Å². The van der Waals surface area contributed by atoms with Gasteiger partial charge in [0.2, 0.25) is 5.91 Å². The van der Waals surface area contributed by atoms with Gasteiger partial charge in [0.15, 0.2) is 0 Å². The minimum Gasteiger partial charge on any atom is -0.406 e. The molecule has 140 valence electrons. The number of benzene rings is 2. The van der Waals surface area contributed by atoms with Crippen molar-refractivity contribution >= 4 is 34.1 Å². The number of rotatable bonds is 5. The number of hydrogen-bond acceptors (Lipinski definition) is 5. The van der Waals surface area contributed by atoms with Crippen molar-refractivity contribution < 1.29 is 22.7 Å². The molecule has 0 saturated heterocycles. The molecule has 0 spiro atoms. The zero-order valence-corrected chi connectivity index (χ0v) is 14.8. The van der Waals surface area contributed by atoms with E-state index in [1.165, 1.54) is 23.9 Å². The molecule has 1 amide bonds. The molecular formula is C18H14F3N3O2S. The van der Waals surface area contributed by atoms with Gasteiger partial charge < -0.3 is 10.1 Å². The summed E-state index contributed by atoms with van der Waals surface area (Å²) in [5.41, 5.74) is 0.367. The van der Waals surface area contributed by atoms with Crippen molar-refractivity contribution in [2.45, 2.75) is 23.6 Å². The molecule has 9 heteroatoms.